The Kier molecular flexibility index (Phi) is 2.23. The average Bonchev–Trinajstić information content (AvgIpc) is 2.01. The summed E-state index contributed by atoms with van der Waals surface area (Å²) in [5.74, 6) is -1.16. The van der Waals surface area contributed by atoms with Crippen LogP contribution in [0.15, 0.2) is 11.0 Å². The fourth-order valence-electron chi connectivity index (χ4n) is 1.23. The Labute approximate surface area is 75.4 Å². The molecule has 0 fully saturated rings. The second-order valence-corrected chi connectivity index (χ2v) is 3.03. The van der Waals surface area contributed by atoms with Gasteiger partial charge >= 0.3 is 5.97 Å². The highest BCUT2D eigenvalue weighted by molar-refractivity contribution is 5.89. The third kappa shape index (κ3) is 1.47. The van der Waals surface area contributed by atoms with Gasteiger partial charge in [-0.1, -0.05) is 0 Å². The molecule has 0 aliphatic rings. The van der Waals surface area contributed by atoms with Crippen molar-refractivity contribution in [2.75, 3.05) is 0 Å². The quantitative estimate of drug-likeness (QED) is 0.693. The van der Waals surface area contributed by atoms with Gasteiger partial charge in [0, 0.05) is 13.2 Å². The summed E-state index contributed by atoms with van der Waals surface area (Å²) in [6.07, 6.45) is 1.63. The molecule has 70 valence electrons. The van der Waals surface area contributed by atoms with Gasteiger partial charge in [0.15, 0.2) is 0 Å². The van der Waals surface area contributed by atoms with Crippen LogP contribution in [0.5, 0.6) is 0 Å². The van der Waals surface area contributed by atoms with Crippen LogP contribution in [-0.2, 0) is 7.05 Å². The second-order valence-electron chi connectivity index (χ2n) is 3.03. The zero-order valence-corrected chi connectivity index (χ0v) is 7.79. The summed E-state index contributed by atoms with van der Waals surface area (Å²) in [5, 5.41) is 8.78. The van der Waals surface area contributed by atoms with E-state index in [0.29, 0.717) is 5.56 Å². The highest BCUT2D eigenvalue weighted by Gasteiger charge is 2.14. The van der Waals surface area contributed by atoms with Crippen LogP contribution in [0.2, 0.25) is 0 Å². The maximum Gasteiger partial charge on any atom is 0.341 e. The minimum atomic E-state index is -1.16. The van der Waals surface area contributed by atoms with E-state index in [1.54, 1.807) is 27.1 Å². The van der Waals surface area contributed by atoms with Crippen LogP contribution in [0.25, 0.3) is 0 Å². The zero-order chi connectivity index (χ0) is 10.2. The van der Waals surface area contributed by atoms with Gasteiger partial charge in [0.1, 0.15) is 5.56 Å². The molecule has 0 atom stereocenters. The molecule has 1 aromatic rings. The van der Waals surface area contributed by atoms with Crippen molar-refractivity contribution >= 4 is 5.97 Å². The van der Waals surface area contributed by atoms with Crippen molar-refractivity contribution in [3.8, 4) is 0 Å². The minimum Gasteiger partial charge on any atom is -0.477 e. The first kappa shape index (κ1) is 9.51. The monoisotopic (exact) mass is 181 g/mol. The number of pyridine rings is 1. The summed E-state index contributed by atoms with van der Waals surface area (Å²) in [7, 11) is 1.54. The highest BCUT2D eigenvalue weighted by Crippen LogP contribution is 2.07. The number of hydrogen-bond donors (Lipinski definition) is 1. The number of hydrogen-bond acceptors (Lipinski definition) is 2. The number of carboxylic acids is 1. The van der Waals surface area contributed by atoms with Crippen molar-refractivity contribution in [2.24, 2.45) is 7.05 Å². The van der Waals surface area contributed by atoms with Gasteiger partial charge in [-0.25, -0.2) is 4.79 Å². The van der Waals surface area contributed by atoms with Gasteiger partial charge in [-0.05, 0) is 25.0 Å². The van der Waals surface area contributed by atoms with Crippen LogP contribution >= 0.6 is 0 Å². The lowest BCUT2D eigenvalue weighted by molar-refractivity contribution is 0.0693. The molecular weight excluding hydrogens is 170 g/mol. The molecule has 0 unspecified atom stereocenters. The van der Waals surface area contributed by atoms with Crippen molar-refractivity contribution in [3.63, 3.8) is 0 Å². The maximum atomic E-state index is 11.4. The van der Waals surface area contributed by atoms with Gasteiger partial charge in [0.05, 0.1) is 0 Å². The van der Waals surface area contributed by atoms with Gasteiger partial charge in [0.25, 0.3) is 5.56 Å². The van der Waals surface area contributed by atoms with Crippen molar-refractivity contribution in [3.05, 3.63) is 33.2 Å². The Bertz CT molecular complexity index is 418. The highest BCUT2D eigenvalue weighted by atomic mass is 16.4. The van der Waals surface area contributed by atoms with Gasteiger partial charge in [0.2, 0.25) is 0 Å². The molecule has 0 amide bonds. The standard InChI is InChI=1S/C9H11NO3/c1-5-4-10(3)8(11)7(6(5)2)9(12)13/h4H,1-3H3,(H,12,13). The van der Waals surface area contributed by atoms with Crippen molar-refractivity contribution in [1.29, 1.82) is 0 Å². The van der Waals surface area contributed by atoms with E-state index in [4.69, 9.17) is 5.11 Å². The molecule has 1 aromatic heterocycles. The van der Waals surface area contributed by atoms with Crippen LogP contribution in [0.3, 0.4) is 0 Å². The largest absolute Gasteiger partial charge is 0.477 e. The summed E-state index contributed by atoms with van der Waals surface area (Å²) in [6.45, 7) is 3.42. The number of carboxylic acid groups (broad SMARTS) is 1. The predicted octanol–water partition coefficient (Wildman–Crippen LogP) is 0.700. The van der Waals surface area contributed by atoms with Crippen molar-refractivity contribution in [1.82, 2.24) is 4.57 Å². The topological polar surface area (TPSA) is 59.3 Å². The number of aryl methyl sites for hydroxylation is 2. The molecule has 0 bridgehead atoms. The van der Waals surface area contributed by atoms with Gasteiger partial charge < -0.3 is 9.67 Å². The van der Waals surface area contributed by atoms with E-state index in [1.165, 1.54) is 4.57 Å². The van der Waals surface area contributed by atoms with Crippen LogP contribution < -0.4 is 5.56 Å². The van der Waals surface area contributed by atoms with Crippen molar-refractivity contribution < 1.29 is 9.90 Å². The predicted molar refractivity (Wildman–Crippen MR) is 48.1 cm³/mol. The maximum absolute atomic E-state index is 11.4. The summed E-state index contributed by atoms with van der Waals surface area (Å²) in [4.78, 5) is 22.1. The van der Waals surface area contributed by atoms with E-state index in [9.17, 15) is 9.59 Å². The fourth-order valence-corrected chi connectivity index (χ4v) is 1.23. The lowest BCUT2D eigenvalue weighted by Crippen LogP contribution is -2.26. The van der Waals surface area contributed by atoms with Crippen LogP contribution in [0.1, 0.15) is 21.5 Å². The molecule has 1 N–H and O–H groups in total. The smallest absolute Gasteiger partial charge is 0.341 e. The Balaban J connectivity index is 3.66. The molecule has 0 saturated heterocycles. The lowest BCUT2D eigenvalue weighted by atomic mass is 10.1. The molecule has 1 rings (SSSR count). The van der Waals surface area contributed by atoms with E-state index in [-0.39, 0.29) is 5.56 Å². The lowest BCUT2D eigenvalue weighted by Gasteiger charge is -2.06. The Hall–Kier alpha value is -1.58. The molecule has 0 aromatic carbocycles. The molecule has 1 heterocycles. The minimum absolute atomic E-state index is 0.137. The van der Waals surface area contributed by atoms with Crippen molar-refractivity contribution in [2.45, 2.75) is 13.8 Å². The summed E-state index contributed by atoms with van der Waals surface area (Å²) in [6, 6.07) is 0. The van der Waals surface area contributed by atoms with E-state index >= 15 is 0 Å². The number of aromatic nitrogens is 1. The van der Waals surface area contributed by atoms with Gasteiger partial charge in [-0.15, -0.1) is 0 Å². The first-order valence-electron chi connectivity index (χ1n) is 3.85. The molecule has 0 aliphatic carbocycles. The van der Waals surface area contributed by atoms with Crippen LogP contribution in [0.4, 0.5) is 0 Å². The SMILES string of the molecule is Cc1cn(C)c(=O)c(C(=O)O)c1C. The molecular formula is C9H11NO3. The Morgan fingerprint density at radius 2 is 2.00 bits per heavy atom. The Morgan fingerprint density at radius 3 is 2.46 bits per heavy atom. The molecule has 13 heavy (non-hydrogen) atoms. The normalized spacial score (nSPS) is 10.1. The molecule has 0 aliphatic heterocycles. The van der Waals surface area contributed by atoms with Gasteiger partial charge in [-0.3, -0.25) is 4.79 Å². The van der Waals surface area contributed by atoms with E-state index in [0.717, 1.165) is 5.56 Å². The van der Waals surface area contributed by atoms with E-state index < -0.39 is 11.5 Å². The summed E-state index contributed by atoms with van der Waals surface area (Å²) in [5.41, 5.74) is 0.744. The third-order valence-corrected chi connectivity index (χ3v) is 2.10. The second kappa shape index (κ2) is 3.05. The Morgan fingerprint density at radius 1 is 1.46 bits per heavy atom. The van der Waals surface area contributed by atoms with E-state index in [1.807, 2.05) is 0 Å². The average molecular weight is 181 g/mol. The zero-order valence-electron chi connectivity index (χ0n) is 7.79. The third-order valence-electron chi connectivity index (χ3n) is 2.10. The fraction of sp³-hybridized carbons (Fsp3) is 0.333. The molecule has 0 spiro atoms. The van der Waals surface area contributed by atoms with Crippen LogP contribution in [0, 0.1) is 13.8 Å². The number of aromatic carboxylic acids is 1. The van der Waals surface area contributed by atoms with Gasteiger partial charge in [-0.2, -0.15) is 0 Å². The first-order valence-corrected chi connectivity index (χ1v) is 3.85. The molecule has 4 heteroatoms. The summed E-state index contributed by atoms with van der Waals surface area (Å²) < 4.78 is 1.28. The molecule has 0 saturated carbocycles. The number of carbonyl (C=O) groups is 1. The number of rotatable bonds is 1. The van der Waals surface area contributed by atoms with Crippen LogP contribution in [-0.4, -0.2) is 15.6 Å². The molecule has 0 radical (unpaired) electrons. The number of nitrogens with zero attached hydrogens (tertiary/aromatic N) is 1. The summed E-state index contributed by atoms with van der Waals surface area (Å²) >= 11 is 0. The first-order chi connectivity index (χ1) is 5.95. The molecule has 4 nitrogen and oxygen atoms in total. The van der Waals surface area contributed by atoms with E-state index in [2.05, 4.69) is 0 Å².